The van der Waals surface area contributed by atoms with Gasteiger partial charge in [0, 0.05) is 12.6 Å². The van der Waals surface area contributed by atoms with Gasteiger partial charge in [-0.15, -0.1) is 0 Å². The molecule has 2 rings (SSSR count). The third kappa shape index (κ3) is 3.61. The Hall–Kier alpha value is -1.44. The van der Waals surface area contributed by atoms with Crippen molar-refractivity contribution < 1.29 is 13.2 Å². The fourth-order valence-electron chi connectivity index (χ4n) is 2.51. The second-order valence-electron chi connectivity index (χ2n) is 5.12. The maximum atomic E-state index is 12.3. The number of sulfonamides is 1. The Morgan fingerprint density at radius 1 is 1.38 bits per heavy atom. The molecule has 0 aromatic heterocycles. The average Bonchev–Trinajstić information content (AvgIpc) is 2.85. The molecule has 1 amide bonds. The quantitative estimate of drug-likeness (QED) is 0.754. The summed E-state index contributed by atoms with van der Waals surface area (Å²) in [5.74, 6) is -0.286. The predicted octanol–water partition coefficient (Wildman–Crippen LogP) is 0.921. The molecule has 1 heterocycles. The Labute approximate surface area is 125 Å². The van der Waals surface area contributed by atoms with Gasteiger partial charge in [0.05, 0.1) is 11.6 Å². The molecule has 6 nitrogen and oxygen atoms in total. The Morgan fingerprint density at radius 2 is 2.10 bits per heavy atom. The molecule has 1 aromatic carbocycles. The van der Waals surface area contributed by atoms with Crippen molar-refractivity contribution in [3.8, 4) is 0 Å². The van der Waals surface area contributed by atoms with Gasteiger partial charge in [-0.3, -0.25) is 4.79 Å². The Bertz CT molecular complexity index is 616. The third-order valence-corrected chi connectivity index (χ3v) is 5.23. The highest BCUT2D eigenvalue weighted by atomic mass is 32.2. The number of carbonyl (C=O) groups excluding carboxylic acids is 1. The number of hydrogen-bond acceptors (Lipinski definition) is 4. The standard InChI is InChI=1S/C14H21N3O3S/c1-3-16-21(19,20)13-7-5-4-6-12(13)17-14(18)11-8-9-15-10(11)2/h4-7,10-11,15-16H,3,8-9H2,1-2H3,(H,17,18). The summed E-state index contributed by atoms with van der Waals surface area (Å²) in [6, 6.07) is 6.54. The van der Waals surface area contributed by atoms with Gasteiger partial charge in [-0.05, 0) is 32.0 Å². The number of rotatable bonds is 5. The first kappa shape index (κ1) is 15.9. The number of carbonyl (C=O) groups is 1. The lowest BCUT2D eigenvalue weighted by atomic mass is 10.0. The van der Waals surface area contributed by atoms with Crippen LogP contribution in [-0.2, 0) is 14.8 Å². The topological polar surface area (TPSA) is 87.3 Å². The van der Waals surface area contributed by atoms with Gasteiger partial charge in [-0.2, -0.15) is 0 Å². The van der Waals surface area contributed by atoms with Gasteiger partial charge in [0.2, 0.25) is 15.9 Å². The minimum atomic E-state index is -3.60. The van der Waals surface area contributed by atoms with Crippen molar-refractivity contribution >= 4 is 21.6 Å². The molecule has 0 spiro atoms. The van der Waals surface area contributed by atoms with Crippen LogP contribution in [0.4, 0.5) is 5.69 Å². The largest absolute Gasteiger partial charge is 0.325 e. The minimum Gasteiger partial charge on any atom is -0.325 e. The summed E-state index contributed by atoms with van der Waals surface area (Å²) in [6.07, 6.45) is 0.759. The average molecular weight is 311 g/mol. The van der Waals surface area contributed by atoms with Crippen LogP contribution in [0.3, 0.4) is 0 Å². The van der Waals surface area contributed by atoms with Crippen LogP contribution in [0.1, 0.15) is 20.3 Å². The van der Waals surface area contributed by atoms with E-state index in [9.17, 15) is 13.2 Å². The number of amides is 1. The molecule has 116 valence electrons. The van der Waals surface area contributed by atoms with E-state index in [2.05, 4.69) is 15.4 Å². The monoisotopic (exact) mass is 311 g/mol. The van der Waals surface area contributed by atoms with Crippen molar-refractivity contribution in [3.05, 3.63) is 24.3 Å². The molecule has 0 saturated carbocycles. The van der Waals surface area contributed by atoms with Crippen LogP contribution in [0, 0.1) is 5.92 Å². The van der Waals surface area contributed by atoms with Crippen LogP contribution in [0.5, 0.6) is 0 Å². The van der Waals surface area contributed by atoms with Crippen molar-refractivity contribution in [2.24, 2.45) is 5.92 Å². The van der Waals surface area contributed by atoms with Gasteiger partial charge in [-0.1, -0.05) is 19.1 Å². The Morgan fingerprint density at radius 3 is 2.71 bits per heavy atom. The van der Waals surface area contributed by atoms with Crippen LogP contribution < -0.4 is 15.4 Å². The van der Waals surface area contributed by atoms with E-state index in [1.807, 2.05) is 6.92 Å². The van der Waals surface area contributed by atoms with Gasteiger partial charge in [0.15, 0.2) is 0 Å². The van der Waals surface area contributed by atoms with E-state index in [-0.39, 0.29) is 22.8 Å². The van der Waals surface area contributed by atoms with E-state index in [0.717, 1.165) is 13.0 Å². The number of hydrogen-bond donors (Lipinski definition) is 3. The van der Waals surface area contributed by atoms with Crippen LogP contribution >= 0.6 is 0 Å². The van der Waals surface area contributed by atoms with Crippen molar-refractivity contribution in [2.45, 2.75) is 31.2 Å². The fourth-order valence-corrected chi connectivity index (χ4v) is 3.72. The molecule has 1 aliphatic rings. The third-order valence-electron chi connectivity index (χ3n) is 3.63. The molecule has 0 bridgehead atoms. The number of para-hydroxylation sites is 1. The summed E-state index contributed by atoms with van der Waals surface area (Å²) in [5, 5.41) is 5.96. The molecule has 1 fully saturated rings. The zero-order chi connectivity index (χ0) is 15.5. The molecule has 1 aromatic rings. The van der Waals surface area contributed by atoms with Crippen LogP contribution in [0.25, 0.3) is 0 Å². The number of benzene rings is 1. The molecule has 0 aliphatic carbocycles. The summed E-state index contributed by atoms with van der Waals surface area (Å²) in [6.45, 7) is 4.77. The number of nitrogens with one attached hydrogen (secondary N) is 3. The van der Waals surface area contributed by atoms with Crippen molar-refractivity contribution in [2.75, 3.05) is 18.4 Å². The summed E-state index contributed by atoms with van der Waals surface area (Å²) in [4.78, 5) is 12.4. The molecule has 2 atom stereocenters. The maximum Gasteiger partial charge on any atom is 0.242 e. The lowest BCUT2D eigenvalue weighted by Crippen LogP contribution is -2.33. The summed E-state index contributed by atoms with van der Waals surface area (Å²) in [5.41, 5.74) is 0.322. The first-order valence-corrected chi connectivity index (χ1v) is 8.57. The van der Waals surface area contributed by atoms with Crippen molar-refractivity contribution in [3.63, 3.8) is 0 Å². The molecule has 0 radical (unpaired) electrons. The lowest BCUT2D eigenvalue weighted by Gasteiger charge is -2.17. The van der Waals surface area contributed by atoms with E-state index in [1.165, 1.54) is 6.07 Å². The fraction of sp³-hybridized carbons (Fsp3) is 0.500. The van der Waals surface area contributed by atoms with E-state index in [0.29, 0.717) is 12.2 Å². The Kier molecular flexibility index (Phi) is 4.97. The normalized spacial score (nSPS) is 22.2. The highest BCUT2D eigenvalue weighted by Crippen LogP contribution is 2.23. The highest BCUT2D eigenvalue weighted by molar-refractivity contribution is 7.89. The number of anilines is 1. The van der Waals surface area contributed by atoms with Crippen LogP contribution in [0.2, 0.25) is 0 Å². The van der Waals surface area contributed by atoms with Crippen molar-refractivity contribution in [1.82, 2.24) is 10.0 Å². The minimum absolute atomic E-state index is 0.0961. The van der Waals surface area contributed by atoms with Gasteiger partial charge in [-0.25, -0.2) is 13.1 Å². The molecule has 21 heavy (non-hydrogen) atoms. The Balaban J connectivity index is 2.23. The summed E-state index contributed by atoms with van der Waals surface area (Å²) < 4.78 is 26.7. The second-order valence-corrected chi connectivity index (χ2v) is 6.86. The van der Waals surface area contributed by atoms with E-state index in [4.69, 9.17) is 0 Å². The molecule has 3 N–H and O–H groups in total. The lowest BCUT2D eigenvalue weighted by molar-refractivity contribution is -0.120. The zero-order valence-corrected chi connectivity index (χ0v) is 13.0. The molecule has 2 unspecified atom stereocenters. The van der Waals surface area contributed by atoms with Crippen LogP contribution in [-0.4, -0.2) is 33.5 Å². The molecule has 1 aliphatic heterocycles. The molecule has 7 heteroatoms. The first-order chi connectivity index (χ1) is 9.95. The molecular formula is C14H21N3O3S. The predicted molar refractivity (Wildman–Crippen MR) is 81.5 cm³/mol. The van der Waals surface area contributed by atoms with Crippen molar-refractivity contribution in [1.29, 1.82) is 0 Å². The van der Waals surface area contributed by atoms with E-state index < -0.39 is 10.0 Å². The van der Waals surface area contributed by atoms with E-state index >= 15 is 0 Å². The summed E-state index contributed by atoms with van der Waals surface area (Å²) in [7, 11) is -3.60. The first-order valence-electron chi connectivity index (χ1n) is 7.08. The van der Waals surface area contributed by atoms with E-state index in [1.54, 1.807) is 25.1 Å². The SMILES string of the molecule is CCNS(=O)(=O)c1ccccc1NC(=O)C1CCNC1C. The highest BCUT2D eigenvalue weighted by Gasteiger charge is 2.30. The van der Waals surface area contributed by atoms with Gasteiger partial charge in [0.25, 0.3) is 0 Å². The van der Waals surface area contributed by atoms with Gasteiger partial charge < -0.3 is 10.6 Å². The second kappa shape index (κ2) is 6.55. The van der Waals surface area contributed by atoms with Gasteiger partial charge in [0.1, 0.15) is 4.90 Å². The smallest absolute Gasteiger partial charge is 0.242 e. The van der Waals surface area contributed by atoms with Gasteiger partial charge >= 0.3 is 0 Å². The summed E-state index contributed by atoms with van der Waals surface area (Å²) >= 11 is 0. The maximum absolute atomic E-state index is 12.3. The molecule has 1 saturated heterocycles. The van der Waals surface area contributed by atoms with Crippen LogP contribution in [0.15, 0.2) is 29.2 Å². The zero-order valence-electron chi connectivity index (χ0n) is 12.2. The molecular weight excluding hydrogens is 290 g/mol.